The highest BCUT2D eigenvalue weighted by atomic mass is 14.8. The number of hydrogen-bond donors (Lipinski definition) is 1. The lowest BCUT2D eigenvalue weighted by molar-refractivity contribution is 0.892. The van der Waals surface area contributed by atoms with Crippen molar-refractivity contribution >= 4 is 0 Å². The van der Waals surface area contributed by atoms with Gasteiger partial charge in [-0.15, -0.1) is 0 Å². The molecule has 0 fully saturated rings. The van der Waals surface area contributed by atoms with E-state index in [2.05, 4.69) is 36.5 Å². The van der Waals surface area contributed by atoms with Crippen molar-refractivity contribution in [2.45, 2.75) is 13.3 Å². The van der Waals surface area contributed by atoms with E-state index in [0.717, 1.165) is 13.0 Å². The molecule has 11 heavy (non-hydrogen) atoms. The molecule has 0 aromatic carbocycles. The Morgan fingerprint density at radius 3 is 2.91 bits per heavy atom. The van der Waals surface area contributed by atoms with E-state index in [0.29, 0.717) is 0 Å². The third kappa shape index (κ3) is 2.72. The fourth-order valence-electron chi connectivity index (χ4n) is 1.11. The van der Waals surface area contributed by atoms with Crippen molar-refractivity contribution in [3.05, 3.63) is 35.5 Å². The molecule has 0 atom stereocenters. The Bertz CT molecular complexity index is 209. The molecule has 1 N–H and O–H groups in total. The van der Waals surface area contributed by atoms with Crippen molar-refractivity contribution in [2.75, 3.05) is 13.6 Å². The molecular formula is C10H15N. The van der Waals surface area contributed by atoms with Gasteiger partial charge >= 0.3 is 0 Å². The molecule has 0 saturated carbocycles. The second-order valence-corrected chi connectivity index (χ2v) is 2.83. The predicted molar refractivity (Wildman–Crippen MR) is 49.5 cm³/mol. The Morgan fingerprint density at radius 1 is 1.36 bits per heavy atom. The Morgan fingerprint density at radius 2 is 2.18 bits per heavy atom. The first-order valence-corrected chi connectivity index (χ1v) is 4.01. The Kier molecular flexibility index (Phi) is 3.12. The first-order chi connectivity index (χ1) is 5.33. The molecule has 60 valence electrons. The van der Waals surface area contributed by atoms with Gasteiger partial charge < -0.3 is 5.32 Å². The van der Waals surface area contributed by atoms with Crippen LogP contribution in [0.25, 0.3) is 0 Å². The van der Waals surface area contributed by atoms with Crippen molar-refractivity contribution < 1.29 is 0 Å². The maximum atomic E-state index is 3.14. The van der Waals surface area contributed by atoms with E-state index < -0.39 is 0 Å². The lowest BCUT2D eigenvalue weighted by Gasteiger charge is -1.97. The lowest BCUT2D eigenvalue weighted by atomic mass is 10.2. The molecule has 1 rings (SSSR count). The summed E-state index contributed by atoms with van der Waals surface area (Å²) in [5, 5.41) is 3.14. The highest BCUT2D eigenvalue weighted by Gasteiger charge is 1.93. The van der Waals surface area contributed by atoms with Crippen LogP contribution in [-0.2, 0) is 0 Å². The normalized spacial score (nSPS) is 17.3. The van der Waals surface area contributed by atoms with E-state index in [-0.39, 0.29) is 0 Å². The average molecular weight is 149 g/mol. The number of hydrogen-bond acceptors (Lipinski definition) is 1. The van der Waals surface area contributed by atoms with E-state index in [1.54, 1.807) is 0 Å². The van der Waals surface area contributed by atoms with Crippen LogP contribution in [-0.4, -0.2) is 13.6 Å². The van der Waals surface area contributed by atoms with Crippen molar-refractivity contribution in [1.82, 2.24) is 5.32 Å². The quantitative estimate of drug-likeness (QED) is 0.633. The molecule has 1 aliphatic carbocycles. The second kappa shape index (κ2) is 4.14. The topological polar surface area (TPSA) is 12.0 Å². The SMILES string of the molecule is CNCC1=CCC=C(C)C=C1. The van der Waals surface area contributed by atoms with Gasteiger partial charge in [0, 0.05) is 6.54 Å². The zero-order valence-electron chi connectivity index (χ0n) is 7.22. The molecule has 0 spiro atoms. The molecule has 0 heterocycles. The number of nitrogens with one attached hydrogen (secondary N) is 1. The summed E-state index contributed by atoms with van der Waals surface area (Å²) in [5.74, 6) is 0. The summed E-state index contributed by atoms with van der Waals surface area (Å²) in [7, 11) is 1.97. The largest absolute Gasteiger partial charge is 0.316 e. The highest BCUT2D eigenvalue weighted by Crippen LogP contribution is 2.08. The van der Waals surface area contributed by atoms with Gasteiger partial charge in [-0.05, 0) is 26.0 Å². The highest BCUT2D eigenvalue weighted by molar-refractivity contribution is 5.31. The average Bonchev–Trinajstić information content (AvgIpc) is 2.17. The summed E-state index contributed by atoms with van der Waals surface area (Å²) in [6, 6.07) is 0. The van der Waals surface area contributed by atoms with Crippen LogP contribution >= 0.6 is 0 Å². The fraction of sp³-hybridized carbons (Fsp3) is 0.400. The first kappa shape index (κ1) is 8.28. The van der Waals surface area contributed by atoms with Gasteiger partial charge in [0.25, 0.3) is 0 Å². The van der Waals surface area contributed by atoms with Crippen molar-refractivity contribution in [1.29, 1.82) is 0 Å². The molecule has 1 aliphatic rings. The molecule has 0 radical (unpaired) electrons. The molecule has 0 bridgehead atoms. The van der Waals surface area contributed by atoms with E-state index in [9.17, 15) is 0 Å². The first-order valence-electron chi connectivity index (χ1n) is 4.01. The Hall–Kier alpha value is -0.820. The van der Waals surface area contributed by atoms with Gasteiger partial charge in [0.15, 0.2) is 0 Å². The second-order valence-electron chi connectivity index (χ2n) is 2.83. The summed E-state index contributed by atoms with van der Waals surface area (Å²) in [5.41, 5.74) is 2.73. The minimum Gasteiger partial charge on any atom is -0.316 e. The molecule has 0 aliphatic heterocycles. The smallest absolute Gasteiger partial charge is 0.0199 e. The molecule has 1 nitrogen and oxygen atoms in total. The van der Waals surface area contributed by atoms with Gasteiger partial charge in [0.2, 0.25) is 0 Å². The van der Waals surface area contributed by atoms with E-state index >= 15 is 0 Å². The zero-order chi connectivity index (χ0) is 8.10. The van der Waals surface area contributed by atoms with E-state index in [4.69, 9.17) is 0 Å². The van der Waals surface area contributed by atoms with Gasteiger partial charge in [-0.2, -0.15) is 0 Å². The fourth-order valence-corrected chi connectivity index (χ4v) is 1.11. The van der Waals surface area contributed by atoms with Crippen molar-refractivity contribution in [3.63, 3.8) is 0 Å². The summed E-state index contributed by atoms with van der Waals surface area (Å²) in [6.45, 7) is 3.10. The van der Waals surface area contributed by atoms with Crippen LogP contribution in [0.2, 0.25) is 0 Å². The van der Waals surface area contributed by atoms with E-state index in [1.807, 2.05) is 7.05 Å². The molecule has 0 aromatic rings. The van der Waals surface area contributed by atoms with Gasteiger partial charge in [0.05, 0.1) is 0 Å². The molecule has 0 saturated heterocycles. The van der Waals surface area contributed by atoms with Crippen LogP contribution in [0.5, 0.6) is 0 Å². The van der Waals surface area contributed by atoms with Crippen LogP contribution in [0.1, 0.15) is 13.3 Å². The van der Waals surface area contributed by atoms with Crippen molar-refractivity contribution in [3.8, 4) is 0 Å². The maximum absolute atomic E-state index is 3.14. The lowest BCUT2D eigenvalue weighted by Crippen LogP contribution is -2.08. The van der Waals surface area contributed by atoms with Crippen molar-refractivity contribution in [2.24, 2.45) is 0 Å². The number of allylic oxidation sites excluding steroid dienone is 4. The van der Waals surface area contributed by atoms with Crippen LogP contribution < -0.4 is 5.32 Å². The van der Waals surface area contributed by atoms with E-state index in [1.165, 1.54) is 11.1 Å². The van der Waals surface area contributed by atoms with Crippen LogP contribution in [0.3, 0.4) is 0 Å². The molecule has 0 unspecified atom stereocenters. The summed E-state index contributed by atoms with van der Waals surface area (Å²) >= 11 is 0. The molecule has 0 amide bonds. The Labute approximate surface area is 68.5 Å². The standard InChI is InChI=1S/C10H15N/c1-9-4-3-5-10(7-6-9)8-11-2/h4-7,11H,3,8H2,1-2H3. The summed E-state index contributed by atoms with van der Waals surface area (Å²) < 4.78 is 0. The van der Waals surface area contributed by atoms with Gasteiger partial charge in [-0.25, -0.2) is 0 Å². The van der Waals surface area contributed by atoms with Gasteiger partial charge in [0.1, 0.15) is 0 Å². The van der Waals surface area contributed by atoms with Crippen LogP contribution in [0, 0.1) is 0 Å². The van der Waals surface area contributed by atoms with Gasteiger partial charge in [-0.1, -0.05) is 29.9 Å². The van der Waals surface area contributed by atoms with Gasteiger partial charge in [-0.3, -0.25) is 0 Å². The molecule has 0 aromatic heterocycles. The minimum absolute atomic E-state index is 0.970. The van der Waals surface area contributed by atoms with Crippen LogP contribution in [0.15, 0.2) is 35.5 Å². The number of rotatable bonds is 2. The summed E-state index contributed by atoms with van der Waals surface area (Å²) in [6.07, 6.45) is 9.89. The maximum Gasteiger partial charge on any atom is 0.0199 e. The predicted octanol–water partition coefficient (Wildman–Crippen LogP) is 2.04. The Balaban J connectivity index is 2.58. The number of likely N-dealkylation sites (N-methyl/N-ethyl adjacent to an activating group) is 1. The monoisotopic (exact) mass is 149 g/mol. The molecule has 1 heteroatoms. The van der Waals surface area contributed by atoms with Crippen LogP contribution in [0.4, 0.5) is 0 Å². The summed E-state index contributed by atoms with van der Waals surface area (Å²) in [4.78, 5) is 0. The third-order valence-corrected chi connectivity index (χ3v) is 1.76. The molecular weight excluding hydrogens is 134 g/mol. The minimum atomic E-state index is 0.970. The third-order valence-electron chi connectivity index (χ3n) is 1.76. The zero-order valence-corrected chi connectivity index (χ0v) is 7.22.